The van der Waals surface area contributed by atoms with E-state index < -0.39 is 11.4 Å². The van der Waals surface area contributed by atoms with Gasteiger partial charge in [0.25, 0.3) is 0 Å². The summed E-state index contributed by atoms with van der Waals surface area (Å²) in [6.07, 6.45) is 10.8. The summed E-state index contributed by atoms with van der Waals surface area (Å²) >= 11 is 0. The maximum absolute atomic E-state index is 14.8. The Labute approximate surface area is 173 Å². The van der Waals surface area contributed by atoms with Gasteiger partial charge < -0.3 is 13.9 Å². The van der Waals surface area contributed by atoms with E-state index in [4.69, 9.17) is 13.9 Å². The van der Waals surface area contributed by atoms with E-state index in [1.165, 1.54) is 32.1 Å². The molecule has 0 bridgehead atoms. The maximum atomic E-state index is 14.8. The summed E-state index contributed by atoms with van der Waals surface area (Å²) in [5.41, 5.74) is -0.662. The van der Waals surface area contributed by atoms with Crippen LogP contribution in [0.25, 0.3) is 10.8 Å². The molecule has 1 aromatic carbocycles. The van der Waals surface area contributed by atoms with Gasteiger partial charge in [-0.15, -0.1) is 0 Å². The van der Waals surface area contributed by atoms with Gasteiger partial charge in [-0.2, -0.15) is 0 Å². The molecule has 2 aromatic rings. The average Bonchev–Trinajstić information content (AvgIpc) is 2.71. The molecule has 0 aliphatic heterocycles. The van der Waals surface area contributed by atoms with Gasteiger partial charge >= 0.3 is 5.63 Å². The highest BCUT2D eigenvalue weighted by molar-refractivity contribution is 5.83. The van der Waals surface area contributed by atoms with Crippen LogP contribution in [0.15, 0.2) is 27.4 Å². The van der Waals surface area contributed by atoms with Gasteiger partial charge in [0.15, 0.2) is 11.6 Å². The third-order valence-electron chi connectivity index (χ3n) is 5.02. The first-order valence-corrected chi connectivity index (χ1v) is 11.1. The Bertz CT molecular complexity index is 784. The molecule has 29 heavy (non-hydrogen) atoms. The molecule has 4 nitrogen and oxygen atoms in total. The van der Waals surface area contributed by atoms with E-state index in [2.05, 4.69) is 13.8 Å². The number of fused-ring (bicyclic) bond motifs is 1. The fraction of sp³-hybridized carbons (Fsp3) is 0.625. The Balaban J connectivity index is 1.89. The SMILES string of the molecule is CCCCCCCCCOc1ccc2cc(CCOCCCC)oc(=O)c2c1F. The monoisotopic (exact) mass is 406 g/mol. The minimum absolute atomic E-state index is 0.0438. The van der Waals surface area contributed by atoms with Crippen LogP contribution in [0, 0.1) is 5.82 Å². The van der Waals surface area contributed by atoms with Crippen LogP contribution in [0.2, 0.25) is 0 Å². The predicted molar refractivity (Wildman–Crippen MR) is 115 cm³/mol. The van der Waals surface area contributed by atoms with Crippen molar-refractivity contribution in [2.75, 3.05) is 19.8 Å². The van der Waals surface area contributed by atoms with Crippen molar-refractivity contribution in [2.45, 2.75) is 78.1 Å². The molecule has 1 aromatic heterocycles. The lowest BCUT2D eigenvalue weighted by atomic mass is 10.1. The van der Waals surface area contributed by atoms with Crippen molar-refractivity contribution < 1.29 is 18.3 Å². The molecule has 0 atom stereocenters. The third-order valence-corrected chi connectivity index (χ3v) is 5.02. The summed E-state index contributed by atoms with van der Waals surface area (Å²) in [5, 5.41) is 0.489. The van der Waals surface area contributed by atoms with Crippen LogP contribution in [0.1, 0.15) is 77.4 Å². The topological polar surface area (TPSA) is 48.7 Å². The largest absolute Gasteiger partial charge is 0.490 e. The van der Waals surface area contributed by atoms with Gasteiger partial charge in [-0.1, -0.05) is 64.9 Å². The lowest BCUT2D eigenvalue weighted by Gasteiger charge is -2.09. The minimum atomic E-state index is -0.662. The van der Waals surface area contributed by atoms with Crippen LogP contribution < -0.4 is 10.4 Å². The predicted octanol–water partition coefficient (Wildman–Crippen LogP) is 6.42. The Kier molecular flexibility index (Phi) is 10.8. The second kappa shape index (κ2) is 13.4. The number of rotatable bonds is 15. The van der Waals surface area contributed by atoms with Crippen molar-refractivity contribution in [3.05, 3.63) is 40.2 Å². The molecule has 0 radical (unpaired) electrons. The molecule has 5 heteroatoms. The third kappa shape index (κ3) is 7.81. The fourth-order valence-corrected chi connectivity index (χ4v) is 3.27. The molecule has 0 unspecified atom stereocenters. The molecular formula is C24H35FO4. The molecule has 0 spiro atoms. The number of hydrogen-bond donors (Lipinski definition) is 0. The van der Waals surface area contributed by atoms with E-state index in [-0.39, 0.29) is 11.1 Å². The number of halogens is 1. The van der Waals surface area contributed by atoms with Crippen molar-refractivity contribution >= 4 is 10.8 Å². The van der Waals surface area contributed by atoms with Gasteiger partial charge in [0.2, 0.25) is 0 Å². The van der Waals surface area contributed by atoms with Crippen molar-refractivity contribution in [1.29, 1.82) is 0 Å². The summed E-state index contributed by atoms with van der Waals surface area (Å²) in [5.74, 6) is -0.00786. The number of hydrogen-bond acceptors (Lipinski definition) is 4. The zero-order chi connectivity index (χ0) is 20.9. The van der Waals surface area contributed by atoms with E-state index in [0.29, 0.717) is 37.4 Å². The summed E-state index contributed by atoms with van der Waals surface area (Å²) in [4.78, 5) is 12.3. The van der Waals surface area contributed by atoms with Gasteiger partial charge in [-0.3, -0.25) is 0 Å². The van der Waals surface area contributed by atoms with Gasteiger partial charge in [-0.05, 0) is 30.4 Å². The molecule has 0 fully saturated rings. The van der Waals surface area contributed by atoms with Crippen LogP contribution in [0.4, 0.5) is 4.39 Å². The Hall–Kier alpha value is -1.88. The van der Waals surface area contributed by atoms with E-state index in [1.54, 1.807) is 18.2 Å². The van der Waals surface area contributed by atoms with Crippen LogP contribution >= 0.6 is 0 Å². The zero-order valence-electron chi connectivity index (χ0n) is 17.9. The molecule has 0 N–H and O–H groups in total. The van der Waals surface area contributed by atoms with Crippen LogP contribution in [0.5, 0.6) is 5.75 Å². The van der Waals surface area contributed by atoms with Gasteiger partial charge in [0.05, 0.1) is 13.2 Å². The second-order valence-electron chi connectivity index (χ2n) is 7.53. The zero-order valence-corrected chi connectivity index (χ0v) is 17.9. The number of ether oxygens (including phenoxy) is 2. The van der Waals surface area contributed by atoms with Gasteiger partial charge in [0.1, 0.15) is 11.1 Å². The highest BCUT2D eigenvalue weighted by Crippen LogP contribution is 2.25. The summed E-state index contributed by atoms with van der Waals surface area (Å²) in [6.45, 7) is 5.94. The summed E-state index contributed by atoms with van der Waals surface area (Å²) < 4.78 is 31.1. The minimum Gasteiger partial charge on any atom is -0.490 e. The maximum Gasteiger partial charge on any atom is 0.346 e. The molecule has 1 heterocycles. The highest BCUT2D eigenvalue weighted by Gasteiger charge is 2.14. The molecule has 0 saturated heterocycles. The van der Waals surface area contributed by atoms with Gasteiger partial charge in [-0.25, -0.2) is 9.18 Å². The van der Waals surface area contributed by atoms with Gasteiger partial charge in [0, 0.05) is 13.0 Å². The van der Waals surface area contributed by atoms with Crippen LogP contribution in [-0.4, -0.2) is 19.8 Å². The number of benzene rings is 1. The van der Waals surface area contributed by atoms with Crippen molar-refractivity contribution in [1.82, 2.24) is 0 Å². The number of unbranched alkanes of at least 4 members (excludes halogenated alkanes) is 7. The standard InChI is InChI=1S/C24H35FO4/c1-3-5-7-8-9-10-11-16-28-21-13-12-19-18-20(14-17-27-15-6-4-2)29-24(26)22(19)23(21)25/h12-13,18H,3-11,14-17H2,1-2H3. The Morgan fingerprint density at radius 2 is 1.62 bits per heavy atom. The second-order valence-corrected chi connectivity index (χ2v) is 7.53. The normalized spacial score (nSPS) is 11.3. The quantitative estimate of drug-likeness (QED) is 0.320. The molecule has 0 aliphatic carbocycles. The van der Waals surface area contributed by atoms with E-state index in [9.17, 15) is 9.18 Å². The molecule has 162 valence electrons. The summed E-state index contributed by atoms with van der Waals surface area (Å²) in [6, 6.07) is 5.03. The first kappa shape index (κ1) is 23.4. The molecule has 0 saturated carbocycles. The first-order valence-electron chi connectivity index (χ1n) is 11.1. The molecule has 2 rings (SSSR count). The Morgan fingerprint density at radius 3 is 2.38 bits per heavy atom. The van der Waals surface area contributed by atoms with E-state index in [1.807, 2.05) is 0 Å². The average molecular weight is 407 g/mol. The van der Waals surface area contributed by atoms with Crippen LogP contribution in [0.3, 0.4) is 0 Å². The van der Waals surface area contributed by atoms with Crippen LogP contribution in [-0.2, 0) is 11.2 Å². The van der Waals surface area contributed by atoms with E-state index in [0.717, 1.165) is 25.7 Å². The van der Waals surface area contributed by atoms with E-state index >= 15 is 0 Å². The van der Waals surface area contributed by atoms with Crippen molar-refractivity contribution in [2.24, 2.45) is 0 Å². The molecule has 0 aliphatic rings. The Morgan fingerprint density at radius 1 is 0.897 bits per heavy atom. The lowest BCUT2D eigenvalue weighted by molar-refractivity contribution is 0.130. The fourth-order valence-electron chi connectivity index (χ4n) is 3.27. The molecular weight excluding hydrogens is 371 g/mol. The smallest absolute Gasteiger partial charge is 0.346 e. The highest BCUT2D eigenvalue weighted by atomic mass is 19.1. The first-order chi connectivity index (χ1) is 14.2. The van der Waals surface area contributed by atoms with Crippen molar-refractivity contribution in [3.8, 4) is 5.75 Å². The van der Waals surface area contributed by atoms with Crippen molar-refractivity contribution in [3.63, 3.8) is 0 Å². The summed E-state index contributed by atoms with van der Waals surface area (Å²) in [7, 11) is 0. The molecule has 0 amide bonds. The lowest BCUT2D eigenvalue weighted by Crippen LogP contribution is -2.08.